The van der Waals surface area contributed by atoms with E-state index in [9.17, 15) is 13.2 Å². The average molecular weight is 495 g/mol. The molecule has 9 heteroatoms. The van der Waals surface area contributed by atoms with E-state index in [1.165, 1.54) is 11.3 Å². The van der Waals surface area contributed by atoms with Gasteiger partial charge in [0.15, 0.2) is 0 Å². The Morgan fingerprint density at radius 2 is 1.76 bits per heavy atom. The predicted molar refractivity (Wildman–Crippen MR) is 136 cm³/mol. The fraction of sp³-hybridized carbons (Fsp3) is 0.280. The molecule has 5 rings (SSSR count). The quantitative estimate of drug-likeness (QED) is 0.456. The maximum Gasteiger partial charge on any atom is 0.260 e. The lowest BCUT2D eigenvalue weighted by molar-refractivity contribution is 0.178. The molecule has 1 fully saturated rings. The Kier molecular flexibility index (Phi) is 6.11. The zero-order chi connectivity index (χ0) is 23.9. The van der Waals surface area contributed by atoms with E-state index in [2.05, 4.69) is 9.88 Å². The third-order valence-electron chi connectivity index (χ3n) is 6.24. The first-order valence-corrected chi connectivity index (χ1v) is 13.5. The molecule has 3 heterocycles. The summed E-state index contributed by atoms with van der Waals surface area (Å²) >= 11 is 1.47. The van der Waals surface area contributed by atoms with Crippen LogP contribution >= 0.6 is 11.3 Å². The first kappa shape index (κ1) is 22.9. The molecule has 0 radical (unpaired) electrons. The largest absolute Gasteiger partial charge is 0.309 e. The van der Waals surface area contributed by atoms with Crippen LogP contribution in [-0.2, 0) is 16.6 Å². The normalized spacial score (nSPS) is 15.7. The highest BCUT2D eigenvalue weighted by molar-refractivity contribution is 7.89. The first-order chi connectivity index (χ1) is 16.3. The van der Waals surface area contributed by atoms with Crippen LogP contribution in [0, 0.1) is 13.8 Å². The van der Waals surface area contributed by atoms with E-state index >= 15 is 0 Å². The van der Waals surface area contributed by atoms with Crippen LogP contribution in [0.5, 0.6) is 0 Å². The fourth-order valence-corrected chi connectivity index (χ4v) is 7.06. The molecule has 2 aromatic heterocycles. The van der Waals surface area contributed by atoms with Crippen LogP contribution in [0.25, 0.3) is 21.3 Å². The molecule has 1 saturated heterocycles. The Morgan fingerprint density at radius 1 is 1.03 bits per heavy atom. The zero-order valence-corrected chi connectivity index (χ0v) is 20.7. The van der Waals surface area contributed by atoms with Crippen molar-refractivity contribution in [3.8, 4) is 11.1 Å². The van der Waals surface area contributed by atoms with Gasteiger partial charge < -0.3 is 4.98 Å². The number of rotatable bonds is 5. The first-order valence-electron chi connectivity index (χ1n) is 11.2. The highest BCUT2D eigenvalue weighted by atomic mass is 32.2. The van der Waals surface area contributed by atoms with Gasteiger partial charge in [0.05, 0.1) is 16.8 Å². The number of aromatic nitrogens is 2. The van der Waals surface area contributed by atoms with E-state index in [-0.39, 0.29) is 5.56 Å². The number of fused-ring (bicyclic) bond motifs is 1. The third-order valence-corrected chi connectivity index (χ3v) is 9.16. The minimum atomic E-state index is -3.54. The highest BCUT2D eigenvalue weighted by Gasteiger charge is 2.30. The number of benzene rings is 2. The van der Waals surface area contributed by atoms with Crippen molar-refractivity contribution in [1.82, 2.24) is 19.2 Å². The van der Waals surface area contributed by atoms with Gasteiger partial charge >= 0.3 is 0 Å². The Bertz CT molecular complexity index is 1500. The minimum absolute atomic E-state index is 0.142. The second-order valence-corrected chi connectivity index (χ2v) is 11.4. The lowest BCUT2D eigenvalue weighted by atomic mass is 10.1. The number of hydrogen-bond acceptors (Lipinski definition) is 6. The van der Waals surface area contributed by atoms with Crippen molar-refractivity contribution >= 4 is 31.6 Å². The van der Waals surface area contributed by atoms with E-state index in [0.29, 0.717) is 53.7 Å². The lowest BCUT2D eigenvalue weighted by Gasteiger charge is -2.33. The number of hydrogen-bond donors (Lipinski definition) is 1. The Hall–Kier alpha value is -2.85. The van der Waals surface area contributed by atoms with Crippen molar-refractivity contribution in [1.29, 1.82) is 0 Å². The number of aryl methyl sites for hydroxylation is 2. The van der Waals surface area contributed by atoms with Gasteiger partial charge in [-0.15, -0.1) is 11.3 Å². The zero-order valence-electron chi connectivity index (χ0n) is 19.1. The molecule has 2 aromatic carbocycles. The van der Waals surface area contributed by atoms with Gasteiger partial charge in [0.1, 0.15) is 10.7 Å². The maximum absolute atomic E-state index is 13.2. The summed E-state index contributed by atoms with van der Waals surface area (Å²) in [4.78, 5) is 23.8. The van der Waals surface area contributed by atoms with E-state index in [1.54, 1.807) is 10.4 Å². The lowest BCUT2D eigenvalue weighted by Crippen LogP contribution is -2.48. The van der Waals surface area contributed by atoms with Gasteiger partial charge in [-0.2, -0.15) is 4.31 Å². The van der Waals surface area contributed by atoms with Gasteiger partial charge in [-0.3, -0.25) is 9.69 Å². The molecule has 0 amide bonds. The van der Waals surface area contributed by atoms with Gasteiger partial charge in [0.2, 0.25) is 10.0 Å². The van der Waals surface area contributed by atoms with E-state index in [4.69, 9.17) is 4.98 Å². The molecule has 0 unspecified atom stereocenters. The van der Waals surface area contributed by atoms with Crippen molar-refractivity contribution in [2.45, 2.75) is 25.3 Å². The Morgan fingerprint density at radius 3 is 2.50 bits per heavy atom. The summed E-state index contributed by atoms with van der Waals surface area (Å²) in [6.07, 6.45) is 0. The summed E-state index contributed by atoms with van der Waals surface area (Å²) in [7, 11) is -3.54. The second kappa shape index (κ2) is 9.07. The number of piperazine rings is 1. The monoisotopic (exact) mass is 494 g/mol. The van der Waals surface area contributed by atoms with Crippen molar-refractivity contribution < 1.29 is 8.42 Å². The van der Waals surface area contributed by atoms with Gasteiger partial charge in [0, 0.05) is 37.1 Å². The molecule has 0 atom stereocenters. The molecule has 0 spiro atoms. The van der Waals surface area contributed by atoms with Crippen LogP contribution < -0.4 is 5.56 Å². The molecule has 176 valence electrons. The van der Waals surface area contributed by atoms with Gasteiger partial charge in [-0.25, -0.2) is 13.4 Å². The molecule has 0 aliphatic carbocycles. The number of nitrogens with zero attached hydrogens (tertiary/aromatic N) is 3. The van der Waals surface area contributed by atoms with Crippen LogP contribution in [-0.4, -0.2) is 53.8 Å². The summed E-state index contributed by atoms with van der Waals surface area (Å²) in [5, 5.41) is 2.59. The molecule has 34 heavy (non-hydrogen) atoms. The molecular formula is C25H26N4O3S2. The van der Waals surface area contributed by atoms with E-state index < -0.39 is 10.0 Å². The van der Waals surface area contributed by atoms with Crippen LogP contribution in [0.2, 0.25) is 0 Å². The van der Waals surface area contributed by atoms with Gasteiger partial charge in [-0.05, 0) is 36.6 Å². The molecule has 0 saturated carbocycles. The number of thiophene rings is 1. The maximum atomic E-state index is 13.2. The van der Waals surface area contributed by atoms with Crippen LogP contribution in [0.4, 0.5) is 0 Å². The SMILES string of the molecule is Cc1ccc(C)c(S(=O)(=O)N2CCN(Cc3nc4scc(-c5ccccc5)c4c(=O)[nH]3)CC2)c1. The van der Waals surface area contributed by atoms with Gasteiger partial charge in [-0.1, -0.05) is 42.5 Å². The summed E-state index contributed by atoms with van der Waals surface area (Å²) < 4.78 is 27.9. The fourth-order valence-electron chi connectivity index (χ4n) is 4.36. The summed E-state index contributed by atoms with van der Waals surface area (Å²) in [6.45, 7) is 6.16. The molecule has 7 nitrogen and oxygen atoms in total. The minimum Gasteiger partial charge on any atom is -0.309 e. The van der Waals surface area contributed by atoms with Crippen LogP contribution in [0.15, 0.2) is 63.6 Å². The standard InChI is InChI=1S/C25H26N4O3S2/c1-17-8-9-18(2)21(14-17)34(31,32)29-12-10-28(11-13-29)15-22-26-24(30)23-20(16-33-25(23)27-22)19-6-4-3-5-7-19/h3-9,14,16H,10-13,15H2,1-2H3,(H,26,27,30). The molecule has 0 bridgehead atoms. The highest BCUT2D eigenvalue weighted by Crippen LogP contribution is 2.30. The summed E-state index contributed by atoms with van der Waals surface area (Å²) in [5.41, 5.74) is 3.43. The number of sulfonamides is 1. The molecular weight excluding hydrogens is 468 g/mol. The van der Waals surface area contributed by atoms with Crippen molar-refractivity contribution in [3.05, 3.63) is 81.2 Å². The topological polar surface area (TPSA) is 86.4 Å². The Labute approximate surface area is 202 Å². The van der Waals surface area contributed by atoms with Crippen LogP contribution in [0.1, 0.15) is 17.0 Å². The number of aromatic amines is 1. The van der Waals surface area contributed by atoms with E-state index in [1.807, 2.05) is 61.7 Å². The summed E-state index contributed by atoms with van der Waals surface area (Å²) in [6, 6.07) is 15.3. The molecule has 4 aromatic rings. The molecule has 1 N–H and O–H groups in total. The van der Waals surface area contributed by atoms with E-state index in [0.717, 1.165) is 22.3 Å². The van der Waals surface area contributed by atoms with Crippen molar-refractivity contribution in [2.24, 2.45) is 0 Å². The number of H-pyrrole nitrogens is 1. The van der Waals surface area contributed by atoms with Crippen molar-refractivity contribution in [3.63, 3.8) is 0 Å². The smallest absolute Gasteiger partial charge is 0.260 e. The van der Waals surface area contributed by atoms with Crippen molar-refractivity contribution in [2.75, 3.05) is 26.2 Å². The predicted octanol–water partition coefficient (Wildman–Crippen LogP) is 3.77. The van der Waals surface area contributed by atoms with Gasteiger partial charge in [0.25, 0.3) is 5.56 Å². The Balaban J connectivity index is 1.31. The second-order valence-electron chi connectivity index (χ2n) is 8.66. The molecule has 1 aliphatic rings. The molecule has 1 aliphatic heterocycles. The number of nitrogens with one attached hydrogen (secondary N) is 1. The van der Waals surface area contributed by atoms with Crippen LogP contribution in [0.3, 0.4) is 0 Å². The average Bonchev–Trinajstić information content (AvgIpc) is 3.26. The summed E-state index contributed by atoms with van der Waals surface area (Å²) in [5.74, 6) is 0.602. The third kappa shape index (κ3) is 4.32.